The summed E-state index contributed by atoms with van der Waals surface area (Å²) in [5, 5.41) is 9.85. The molecule has 8 nitrogen and oxygen atoms in total. The van der Waals surface area contributed by atoms with Crippen LogP contribution >= 0.6 is 10.9 Å². The van der Waals surface area contributed by atoms with E-state index < -0.39 is 36.5 Å². The first-order chi connectivity index (χ1) is 9.00. The summed E-state index contributed by atoms with van der Waals surface area (Å²) in [4.78, 5) is -0.928. The van der Waals surface area contributed by atoms with Gasteiger partial charge in [0, 0.05) is 11.1 Å². The average Bonchev–Trinajstić information content (AvgIpc) is 2.25. The Morgan fingerprint density at radius 2 is 1.45 bits per heavy atom. The molecule has 2 aromatic carbocycles. The van der Waals surface area contributed by atoms with Crippen LogP contribution in [-0.4, -0.2) is 31.7 Å². The third-order valence-electron chi connectivity index (χ3n) is 2.62. The molecule has 20 heavy (non-hydrogen) atoms. The number of anilines is 1. The highest BCUT2D eigenvalue weighted by atomic mass is 32.3. The minimum absolute atomic E-state index is 0.0154. The Labute approximate surface area is 115 Å². The number of benzene rings is 2. The zero-order valence-electron chi connectivity index (χ0n) is 9.76. The second-order valence-electron chi connectivity index (χ2n) is 4.05. The second kappa shape index (κ2) is 4.48. The second-order valence-corrected chi connectivity index (χ2v) is 6.98. The molecule has 7 N–H and O–H groups in total. The van der Waals surface area contributed by atoms with E-state index in [0.717, 1.165) is 24.3 Å². The van der Waals surface area contributed by atoms with Crippen molar-refractivity contribution in [1.29, 1.82) is 0 Å². The van der Waals surface area contributed by atoms with Crippen LogP contribution in [0.2, 0.25) is 0 Å². The van der Waals surface area contributed by atoms with Crippen molar-refractivity contribution in [2.75, 3.05) is 5.73 Å². The molecule has 0 atom stereocenters. The third-order valence-corrected chi connectivity index (χ3v) is 4.32. The lowest BCUT2D eigenvalue weighted by Crippen LogP contribution is -2.01. The monoisotopic (exact) mass is 321 g/mol. The Bertz CT molecular complexity index is 795. The molecule has 0 aliphatic carbocycles. The van der Waals surface area contributed by atoms with Crippen molar-refractivity contribution in [2.45, 2.75) is 9.79 Å². The maximum absolute atomic E-state index is 11.1. The van der Waals surface area contributed by atoms with Crippen molar-refractivity contribution >= 4 is 37.4 Å². The molecule has 0 aromatic heterocycles. The molecule has 0 heterocycles. The predicted molar refractivity (Wildman–Crippen MR) is 73.6 cm³/mol. The maximum Gasteiger partial charge on any atom is 0.294 e. The lowest BCUT2D eigenvalue weighted by Gasteiger charge is -2.20. The van der Waals surface area contributed by atoms with Gasteiger partial charge < -0.3 is 24.5 Å². The number of fused-ring (bicyclic) bond motifs is 1. The minimum Gasteiger partial charge on any atom is -0.507 e. The van der Waals surface area contributed by atoms with E-state index in [1.807, 2.05) is 0 Å². The Morgan fingerprint density at radius 3 is 1.95 bits per heavy atom. The largest absolute Gasteiger partial charge is 0.507 e. The first-order valence-corrected chi connectivity index (χ1v) is 7.99. The SMILES string of the molecule is Nc1cc(S(=O)(=O)O)cc2cc(S(O)(O)O)cc(O)c12. The summed E-state index contributed by atoms with van der Waals surface area (Å²) in [7, 11) is -8.61. The highest BCUT2D eigenvalue weighted by molar-refractivity contribution is 8.19. The van der Waals surface area contributed by atoms with Gasteiger partial charge in [-0.1, -0.05) is 0 Å². The fourth-order valence-electron chi connectivity index (χ4n) is 1.78. The normalized spacial score (nSPS) is 13.6. The topological polar surface area (TPSA) is 161 Å². The van der Waals surface area contributed by atoms with Gasteiger partial charge in [0.15, 0.2) is 0 Å². The van der Waals surface area contributed by atoms with Crippen molar-refractivity contribution in [3.8, 4) is 5.75 Å². The average molecular weight is 321 g/mol. The zero-order chi connectivity index (χ0) is 15.3. The number of aromatic hydroxyl groups is 1. The van der Waals surface area contributed by atoms with Gasteiger partial charge >= 0.3 is 0 Å². The molecule has 0 bridgehead atoms. The molecule has 0 saturated carbocycles. The Hall–Kier alpha value is -1.56. The van der Waals surface area contributed by atoms with E-state index in [9.17, 15) is 13.5 Å². The molecule has 0 fully saturated rings. The molecule has 0 amide bonds. The number of phenols is 1. The van der Waals surface area contributed by atoms with E-state index in [0.29, 0.717) is 0 Å². The van der Waals surface area contributed by atoms with Gasteiger partial charge in [0.1, 0.15) is 16.6 Å². The van der Waals surface area contributed by atoms with Gasteiger partial charge in [-0.05, 0) is 29.7 Å². The van der Waals surface area contributed by atoms with Gasteiger partial charge in [-0.3, -0.25) is 4.55 Å². The van der Waals surface area contributed by atoms with Gasteiger partial charge in [-0.2, -0.15) is 8.42 Å². The van der Waals surface area contributed by atoms with Crippen LogP contribution in [0.25, 0.3) is 10.8 Å². The summed E-state index contributed by atoms with van der Waals surface area (Å²) in [6.45, 7) is 0. The van der Waals surface area contributed by atoms with Crippen LogP contribution in [0.5, 0.6) is 5.75 Å². The summed E-state index contributed by atoms with van der Waals surface area (Å²) in [5.74, 6) is -0.467. The fraction of sp³-hybridized carbons (Fsp3) is 0. The smallest absolute Gasteiger partial charge is 0.294 e. The van der Waals surface area contributed by atoms with E-state index in [4.69, 9.17) is 23.9 Å². The third kappa shape index (κ3) is 2.65. The molecule has 2 aromatic rings. The molecule has 0 radical (unpaired) electrons. The highest BCUT2D eigenvalue weighted by Crippen LogP contribution is 2.47. The van der Waals surface area contributed by atoms with Gasteiger partial charge in [-0.15, -0.1) is 0 Å². The van der Waals surface area contributed by atoms with Gasteiger partial charge in [-0.25, -0.2) is 0 Å². The molecule has 0 spiro atoms. The van der Waals surface area contributed by atoms with Gasteiger partial charge in [0.05, 0.1) is 9.79 Å². The Morgan fingerprint density at radius 1 is 0.900 bits per heavy atom. The minimum atomic E-state index is -4.52. The van der Waals surface area contributed by atoms with Crippen molar-refractivity contribution in [3.63, 3.8) is 0 Å². The first kappa shape index (κ1) is 14.8. The van der Waals surface area contributed by atoms with Crippen molar-refractivity contribution in [2.24, 2.45) is 0 Å². The number of nitrogen functional groups attached to an aromatic ring is 1. The first-order valence-electron chi connectivity index (χ1n) is 5.04. The van der Waals surface area contributed by atoms with E-state index in [1.54, 1.807) is 0 Å². The highest BCUT2D eigenvalue weighted by Gasteiger charge is 2.20. The predicted octanol–water partition coefficient (Wildman–Crippen LogP) is 1.96. The molecule has 2 rings (SSSR count). The summed E-state index contributed by atoms with van der Waals surface area (Å²) in [5.41, 5.74) is 5.47. The number of phenolic OH excluding ortho intramolecular Hbond substituents is 1. The van der Waals surface area contributed by atoms with Crippen LogP contribution in [0, 0.1) is 0 Å². The van der Waals surface area contributed by atoms with E-state index in [2.05, 4.69) is 0 Å². The molecular formula is C10H11NO7S2. The molecular weight excluding hydrogens is 310 g/mol. The van der Waals surface area contributed by atoms with Crippen molar-refractivity contribution < 1.29 is 31.7 Å². The molecule has 0 saturated heterocycles. The molecule has 10 heteroatoms. The summed E-state index contributed by atoms with van der Waals surface area (Å²) >= 11 is 0. The quantitative estimate of drug-likeness (QED) is 0.361. The van der Waals surface area contributed by atoms with Crippen LogP contribution in [-0.2, 0) is 10.1 Å². The Balaban J connectivity index is 2.88. The zero-order valence-corrected chi connectivity index (χ0v) is 11.4. The molecule has 0 aliphatic rings. The molecule has 0 unspecified atom stereocenters. The standard InChI is InChI=1S/C10H11NO7S2/c11-8-3-6(19(13,14)15)1-5-2-7(20(16,17)18)4-9(12)10(5)8/h1-4,12,16-18H,11H2,(H,13,14,15). The van der Waals surface area contributed by atoms with E-state index in [-0.39, 0.29) is 16.5 Å². The number of hydrogen-bond donors (Lipinski definition) is 6. The van der Waals surface area contributed by atoms with Crippen LogP contribution in [0.4, 0.5) is 5.69 Å². The summed E-state index contributed by atoms with van der Waals surface area (Å²) in [6, 6.07) is 3.89. The Kier molecular flexibility index (Phi) is 3.32. The maximum atomic E-state index is 11.1. The summed E-state index contributed by atoms with van der Waals surface area (Å²) in [6.07, 6.45) is 0. The van der Waals surface area contributed by atoms with Crippen LogP contribution < -0.4 is 5.73 Å². The van der Waals surface area contributed by atoms with E-state index in [1.165, 1.54) is 0 Å². The van der Waals surface area contributed by atoms with Crippen LogP contribution in [0.15, 0.2) is 34.1 Å². The fourth-order valence-corrected chi connectivity index (χ4v) is 2.88. The lowest BCUT2D eigenvalue weighted by molar-refractivity contribution is 0.375. The van der Waals surface area contributed by atoms with Crippen LogP contribution in [0.1, 0.15) is 0 Å². The molecule has 110 valence electrons. The number of hydrogen-bond acceptors (Lipinski definition) is 7. The van der Waals surface area contributed by atoms with Gasteiger partial charge in [0.2, 0.25) is 0 Å². The van der Waals surface area contributed by atoms with Crippen molar-refractivity contribution in [1.82, 2.24) is 0 Å². The molecule has 0 aliphatic heterocycles. The summed E-state index contributed by atoms with van der Waals surface area (Å²) < 4.78 is 58.6. The van der Waals surface area contributed by atoms with Crippen molar-refractivity contribution in [3.05, 3.63) is 24.3 Å². The number of rotatable bonds is 2. The van der Waals surface area contributed by atoms with Gasteiger partial charge in [0.25, 0.3) is 10.1 Å². The number of nitrogens with two attached hydrogens (primary N) is 1. The van der Waals surface area contributed by atoms with E-state index >= 15 is 0 Å². The van der Waals surface area contributed by atoms with Crippen LogP contribution in [0.3, 0.4) is 0 Å². The lowest BCUT2D eigenvalue weighted by atomic mass is 10.1.